The second kappa shape index (κ2) is 4.05. The van der Waals surface area contributed by atoms with Crippen LogP contribution in [0.3, 0.4) is 0 Å². The molecule has 5 nitrogen and oxygen atoms in total. The third-order valence-electron chi connectivity index (χ3n) is 3.67. The number of urea groups is 1. The average Bonchev–Trinajstić information content (AvgIpc) is 2.52. The van der Waals surface area contributed by atoms with E-state index in [-0.39, 0.29) is 18.0 Å². The summed E-state index contributed by atoms with van der Waals surface area (Å²) in [7, 11) is 0. The SMILES string of the molecule is CCC1(C)NC(=O)N(C2CCNCC2)C1=O. The topological polar surface area (TPSA) is 61.4 Å². The number of piperidine rings is 1. The maximum Gasteiger partial charge on any atom is 0.325 e. The van der Waals surface area contributed by atoms with E-state index in [2.05, 4.69) is 10.6 Å². The Balaban J connectivity index is 2.15. The first-order valence-corrected chi connectivity index (χ1v) is 5.95. The van der Waals surface area contributed by atoms with Crippen molar-refractivity contribution in [2.24, 2.45) is 0 Å². The molecule has 2 heterocycles. The largest absolute Gasteiger partial charge is 0.325 e. The molecule has 90 valence electrons. The van der Waals surface area contributed by atoms with Gasteiger partial charge in [0.2, 0.25) is 0 Å². The van der Waals surface area contributed by atoms with Crippen LogP contribution in [-0.4, -0.2) is 41.5 Å². The molecule has 0 radical (unpaired) electrons. The zero-order valence-electron chi connectivity index (χ0n) is 9.88. The molecule has 2 aliphatic rings. The molecule has 3 amide bonds. The highest BCUT2D eigenvalue weighted by molar-refractivity contribution is 6.07. The molecule has 0 saturated carbocycles. The standard InChI is InChI=1S/C11H19N3O2/c1-3-11(2)9(15)14(10(16)13-11)8-4-6-12-7-5-8/h8,12H,3-7H2,1-2H3,(H,13,16). The molecule has 2 saturated heterocycles. The van der Waals surface area contributed by atoms with Crippen LogP contribution in [0.15, 0.2) is 0 Å². The van der Waals surface area contributed by atoms with Gasteiger partial charge in [0.15, 0.2) is 0 Å². The van der Waals surface area contributed by atoms with Crippen LogP contribution in [0.25, 0.3) is 0 Å². The van der Waals surface area contributed by atoms with Crippen molar-refractivity contribution in [2.45, 2.75) is 44.7 Å². The van der Waals surface area contributed by atoms with E-state index in [0.717, 1.165) is 25.9 Å². The number of nitrogens with one attached hydrogen (secondary N) is 2. The maximum atomic E-state index is 12.2. The van der Waals surface area contributed by atoms with Gasteiger partial charge in [-0.25, -0.2) is 4.79 Å². The molecule has 2 rings (SSSR count). The first-order chi connectivity index (χ1) is 7.58. The number of rotatable bonds is 2. The fourth-order valence-electron chi connectivity index (χ4n) is 2.34. The van der Waals surface area contributed by atoms with E-state index in [1.807, 2.05) is 6.92 Å². The van der Waals surface area contributed by atoms with Gasteiger partial charge in [-0.1, -0.05) is 6.92 Å². The maximum absolute atomic E-state index is 12.2. The third kappa shape index (κ3) is 1.69. The number of carbonyl (C=O) groups excluding carboxylic acids is 2. The van der Waals surface area contributed by atoms with Crippen molar-refractivity contribution >= 4 is 11.9 Å². The Morgan fingerprint density at radius 1 is 1.38 bits per heavy atom. The lowest BCUT2D eigenvalue weighted by Gasteiger charge is -2.30. The fraction of sp³-hybridized carbons (Fsp3) is 0.818. The highest BCUT2D eigenvalue weighted by Crippen LogP contribution is 2.25. The van der Waals surface area contributed by atoms with Crippen LogP contribution in [0.5, 0.6) is 0 Å². The predicted octanol–water partition coefficient (Wildman–Crippen LogP) is 0.459. The molecule has 2 aliphatic heterocycles. The summed E-state index contributed by atoms with van der Waals surface area (Å²) >= 11 is 0. The zero-order chi connectivity index (χ0) is 11.8. The van der Waals surface area contributed by atoms with Gasteiger partial charge in [0.05, 0.1) is 0 Å². The molecule has 1 unspecified atom stereocenters. The first kappa shape index (κ1) is 11.4. The molecule has 5 heteroatoms. The van der Waals surface area contributed by atoms with Crippen molar-refractivity contribution in [2.75, 3.05) is 13.1 Å². The minimum absolute atomic E-state index is 0.0631. The average molecular weight is 225 g/mol. The molecule has 0 aromatic rings. The Morgan fingerprint density at radius 3 is 2.50 bits per heavy atom. The molecular weight excluding hydrogens is 206 g/mol. The van der Waals surface area contributed by atoms with Crippen LogP contribution in [-0.2, 0) is 4.79 Å². The zero-order valence-corrected chi connectivity index (χ0v) is 9.88. The van der Waals surface area contributed by atoms with Crippen LogP contribution in [0.1, 0.15) is 33.1 Å². The Labute approximate surface area is 95.6 Å². The second-order valence-corrected chi connectivity index (χ2v) is 4.77. The lowest BCUT2D eigenvalue weighted by molar-refractivity contribution is -0.132. The monoisotopic (exact) mass is 225 g/mol. The number of hydrogen-bond donors (Lipinski definition) is 2. The van der Waals surface area contributed by atoms with E-state index >= 15 is 0 Å². The van der Waals surface area contributed by atoms with E-state index in [1.165, 1.54) is 4.90 Å². The molecule has 2 N–H and O–H groups in total. The molecular formula is C11H19N3O2. The van der Waals surface area contributed by atoms with Gasteiger partial charge in [0, 0.05) is 6.04 Å². The fourth-order valence-corrected chi connectivity index (χ4v) is 2.34. The van der Waals surface area contributed by atoms with Crippen molar-refractivity contribution in [3.63, 3.8) is 0 Å². The molecule has 0 aromatic carbocycles. The smallest absolute Gasteiger partial charge is 0.323 e. The lowest BCUT2D eigenvalue weighted by Crippen LogP contribution is -2.48. The van der Waals surface area contributed by atoms with Gasteiger partial charge in [-0.3, -0.25) is 9.69 Å². The van der Waals surface area contributed by atoms with Crippen molar-refractivity contribution in [1.29, 1.82) is 0 Å². The van der Waals surface area contributed by atoms with E-state index < -0.39 is 5.54 Å². The van der Waals surface area contributed by atoms with Crippen molar-refractivity contribution in [3.05, 3.63) is 0 Å². The predicted molar refractivity (Wildman–Crippen MR) is 60.0 cm³/mol. The number of nitrogens with zero attached hydrogens (tertiary/aromatic N) is 1. The summed E-state index contributed by atoms with van der Waals surface area (Å²) in [5.74, 6) is -0.0631. The summed E-state index contributed by atoms with van der Waals surface area (Å²) in [6.07, 6.45) is 2.36. The van der Waals surface area contributed by atoms with Crippen molar-refractivity contribution in [1.82, 2.24) is 15.5 Å². The van der Waals surface area contributed by atoms with Gasteiger partial charge in [-0.05, 0) is 39.3 Å². The summed E-state index contributed by atoms with van der Waals surface area (Å²) in [5, 5.41) is 6.03. The van der Waals surface area contributed by atoms with Crippen LogP contribution in [0.4, 0.5) is 4.79 Å². The molecule has 0 bridgehead atoms. The van der Waals surface area contributed by atoms with Crippen molar-refractivity contribution < 1.29 is 9.59 Å². The van der Waals surface area contributed by atoms with Crippen molar-refractivity contribution in [3.8, 4) is 0 Å². The third-order valence-corrected chi connectivity index (χ3v) is 3.67. The van der Waals surface area contributed by atoms with Gasteiger partial charge in [-0.2, -0.15) is 0 Å². The second-order valence-electron chi connectivity index (χ2n) is 4.77. The molecule has 2 fully saturated rings. The minimum atomic E-state index is -0.693. The molecule has 0 aromatic heterocycles. The normalized spacial score (nSPS) is 32.0. The van der Waals surface area contributed by atoms with E-state index in [1.54, 1.807) is 6.92 Å². The van der Waals surface area contributed by atoms with Crippen LogP contribution in [0, 0.1) is 0 Å². The van der Waals surface area contributed by atoms with Crippen LogP contribution in [0.2, 0.25) is 0 Å². The van der Waals surface area contributed by atoms with Gasteiger partial charge in [0.25, 0.3) is 5.91 Å². The van der Waals surface area contributed by atoms with E-state index in [9.17, 15) is 9.59 Å². The summed E-state index contributed by atoms with van der Waals surface area (Å²) in [6.45, 7) is 5.48. The Kier molecular flexibility index (Phi) is 2.88. The number of imide groups is 1. The Morgan fingerprint density at radius 2 is 2.00 bits per heavy atom. The summed E-state index contributed by atoms with van der Waals surface area (Å²) in [5.41, 5.74) is -0.693. The summed E-state index contributed by atoms with van der Waals surface area (Å²) in [4.78, 5) is 25.5. The molecule has 0 spiro atoms. The highest BCUT2D eigenvalue weighted by atomic mass is 16.2. The van der Waals surface area contributed by atoms with Gasteiger partial charge >= 0.3 is 6.03 Å². The van der Waals surface area contributed by atoms with E-state index in [4.69, 9.17) is 0 Å². The summed E-state index contributed by atoms with van der Waals surface area (Å²) < 4.78 is 0. The molecule has 1 atom stereocenters. The Hall–Kier alpha value is -1.10. The van der Waals surface area contributed by atoms with Gasteiger partial charge < -0.3 is 10.6 Å². The molecule has 16 heavy (non-hydrogen) atoms. The highest BCUT2D eigenvalue weighted by Gasteiger charge is 2.48. The lowest BCUT2D eigenvalue weighted by atomic mass is 9.97. The van der Waals surface area contributed by atoms with E-state index in [0.29, 0.717) is 6.42 Å². The minimum Gasteiger partial charge on any atom is -0.323 e. The number of amides is 3. The van der Waals surface area contributed by atoms with Crippen LogP contribution < -0.4 is 10.6 Å². The van der Waals surface area contributed by atoms with Crippen LogP contribution >= 0.6 is 0 Å². The number of carbonyl (C=O) groups is 2. The summed E-state index contributed by atoms with van der Waals surface area (Å²) in [6, 6.07) is -0.150. The molecule has 0 aliphatic carbocycles. The van der Waals surface area contributed by atoms with Gasteiger partial charge in [0.1, 0.15) is 5.54 Å². The first-order valence-electron chi connectivity index (χ1n) is 5.95. The number of hydrogen-bond acceptors (Lipinski definition) is 3. The van der Waals surface area contributed by atoms with Gasteiger partial charge in [-0.15, -0.1) is 0 Å². The Bertz CT molecular complexity index is 312. The quantitative estimate of drug-likeness (QED) is 0.671.